The van der Waals surface area contributed by atoms with Crippen molar-refractivity contribution in [1.29, 1.82) is 5.26 Å². The number of aromatic nitrogens is 8. The van der Waals surface area contributed by atoms with Gasteiger partial charge in [-0.25, -0.2) is 14.6 Å². The lowest BCUT2D eigenvalue weighted by Crippen LogP contribution is -2.52. The number of fused-ring (bicyclic) bond motifs is 2. The van der Waals surface area contributed by atoms with Gasteiger partial charge in [0, 0.05) is 48.6 Å². The molecule has 50 heavy (non-hydrogen) atoms. The van der Waals surface area contributed by atoms with Crippen molar-refractivity contribution in [3.05, 3.63) is 48.7 Å². The van der Waals surface area contributed by atoms with E-state index in [1.165, 1.54) is 32.0 Å². The highest BCUT2D eigenvalue weighted by Crippen LogP contribution is 2.39. The Morgan fingerprint density at radius 3 is 2.46 bits per heavy atom. The molecule has 1 saturated carbocycles. The number of hydrogen-bond acceptors (Lipinski definition) is 13. The number of anilines is 2. The van der Waals surface area contributed by atoms with Gasteiger partial charge in [-0.3, -0.25) is 9.58 Å². The molecule has 6 heterocycles. The molecule has 262 valence electrons. The summed E-state index contributed by atoms with van der Waals surface area (Å²) in [6.07, 6.45) is 14.8. The van der Waals surface area contributed by atoms with Crippen molar-refractivity contribution >= 4 is 11.6 Å². The number of nitriles is 1. The van der Waals surface area contributed by atoms with E-state index in [2.05, 4.69) is 46.5 Å². The van der Waals surface area contributed by atoms with Gasteiger partial charge in [0.2, 0.25) is 5.95 Å². The van der Waals surface area contributed by atoms with Crippen LogP contribution in [0.15, 0.2) is 43.1 Å². The maximum atomic E-state index is 9.69. The van der Waals surface area contributed by atoms with Crippen LogP contribution in [0.5, 0.6) is 11.6 Å². The van der Waals surface area contributed by atoms with Crippen molar-refractivity contribution in [2.45, 2.75) is 88.7 Å². The molecule has 4 aromatic rings. The van der Waals surface area contributed by atoms with Gasteiger partial charge in [0.05, 0.1) is 50.8 Å². The van der Waals surface area contributed by atoms with Crippen LogP contribution in [0.3, 0.4) is 0 Å². The normalized spacial score (nSPS) is 25.6. The number of ether oxygens (including phenoxy) is 4. The zero-order chi connectivity index (χ0) is 33.9. The van der Waals surface area contributed by atoms with E-state index in [1.807, 2.05) is 25.3 Å². The average molecular weight is 682 g/mol. The Morgan fingerprint density at radius 2 is 1.74 bits per heavy atom. The first kappa shape index (κ1) is 32.5. The fourth-order valence-corrected chi connectivity index (χ4v) is 7.88. The number of benzene rings is 1. The Labute approximate surface area is 290 Å². The molecule has 3 aliphatic heterocycles. The standard InChI is InChI=1S/C35H43N11O4/c1-23(16-44-22-39-42-43-44)50-33-12-25(2-3-26(33)13-36)27-14-37-35(38-15-27)40-32-17-45(41-34(32)49-19-24-10-11-47-18-24)28-4-6-29(7-5-28)46-30-8-9-31(46)21-48-20-30/h2-3,12,14-15,17,22-24,28-31H,4-11,16,18-21H2,1H3,(H,37,38,40)/t23-,24?,28-,29-,30+,31+/m0/s1. The van der Waals surface area contributed by atoms with Gasteiger partial charge in [-0.2, -0.15) is 5.26 Å². The molecular weight excluding hydrogens is 638 g/mol. The lowest BCUT2D eigenvalue weighted by molar-refractivity contribution is -0.0458. The summed E-state index contributed by atoms with van der Waals surface area (Å²) in [4.78, 5) is 12.0. The van der Waals surface area contributed by atoms with Crippen molar-refractivity contribution < 1.29 is 18.9 Å². The van der Waals surface area contributed by atoms with E-state index in [9.17, 15) is 5.26 Å². The third kappa shape index (κ3) is 7.14. The molecule has 4 atom stereocenters. The number of nitrogens with zero attached hydrogens (tertiary/aromatic N) is 10. The number of rotatable bonds is 12. The van der Waals surface area contributed by atoms with Crippen LogP contribution in [0, 0.1) is 17.2 Å². The lowest BCUT2D eigenvalue weighted by atomic mass is 9.89. The highest BCUT2D eigenvalue weighted by atomic mass is 16.5. The van der Waals surface area contributed by atoms with Gasteiger partial charge < -0.3 is 24.3 Å². The second kappa shape index (κ2) is 14.7. The molecule has 15 nitrogen and oxygen atoms in total. The molecule has 2 bridgehead atoms. The third-order valence-corrected chi connectivity index (χ3v) is 10.4. The zero-order valence-electron chi connectivity index (χ0n) is 28.3. The summed E-state index contributed by atoms with van der Waals surface area (Å²) >= 11 is 0. The van der Waals surface area contributed by atoms with E-state index in [4.69, 9.17) is 24.0 Å². The molecule has 0 spiro atoms. The van der Waals surface area contributed by atoms with Gasteiger partial charge in [-0.05, 0) is 80.0 Å². The highest BCUT2D eigenvalue weighted by molar-refractivity contribution is 5.67. The molecule has 0 radical (unpaired) electrons. The molecule has 1 aromatic carbocycles. The van der Waals surface area contributed by atoms with Crippen LogP contribution in [0.4, 0.5) is 11.6 Å². The first-order valence-electron chi connectivity index (χ1n) is 17.8. The van der Waals surface area contributed by atoms with Crippen LogP contribution in [0.2, 0.25) is 0 Å². The molecule has 3 saturated heterocycles. The Hall–Kier alpha value is -4.65. The summed E-state index contributed by atoms with van der Waals surface area (Å²) in [7, 11) is 0. The van der Waals surface area contributed by atoms with E-state index >= 15 is 0 Å². The lowest BCUT2D eigenvalue weighted by Gasteiger charge is -2.43. The van der Waals surface area contributed by atoms with Gasteiger partial charge in [-0.1, -0.05) is 6.07 Å². The van der Waals surface area contributed by atoms with Crippen molar-refractivity contribution in [3.63, 3.8) is 0 Å². The number of morpholine rings is 1. The van der Waals surface area contributed by atoms with E-state index in [0.717, 1.165) is 55.9 Å². The van der Waals surface area contributed by atoms with Gasteiger partial charge in [-0.15, -0.1) is 10.2 Å². The third-order valence-electron chi connectivity index (χ3n) is 10.4. The maximum absolute atomic E-state index is 9.69. The van der Waals surface area contributed by atoms with Crippen molar-refractivity contribution in [2.75, 3.05) is 38.4 Å². The van der Waals surface area contributed by atoms with Gasteiger partial charge >= 0.3 is 0 Å². The summed E-state index contributed by atoms with van der Waals surface area (Å²) in [6, 6.07) is 9.77. The first-order chi connectivity index (χ1) is 24.6. The Kier molecular flexibility index (Phi) is 9.56. The minimum absolute atomic E-state index is 0.267. The Morgan fingerprint density at radius 1 is 0.960 bits per heavy atom. The summed E-state index contributed by atoms with van der Waals surface area (Å²) in [6.45, 7) is 6.14. The molecular formula is C35H43N11O4. The van der Waals surface area contributed by atoms with Crippen LogP contribution < -0.4 is 14.8 Å². The van der Waals surface area contributed by atoms with Gasteiger partial charge in [0.25, 0.3) is 5.88 Å². The van der Waals surface area contributed by atoms with Crippen LogP contribution in [-0.2, 0) is 16.0 Å². The van der Waals surface area contributed by atoms with Crippen LogP contribution in [-0.4, -0.2) is 102 Å². The highest BCUT2D eigenvalue weighted by Gasteiger charge is 2.42. The Bertz CT molecular complexity index is 1750. The Balaban J connectivity index is 0.953. The predicted octanol–water partition coefficient (Wildman–Crippen LogP) is 4.17. The van der Waals surface area contributed by atoms with Crippen molar-refractivity contribution in [2.24, 2.45) is 5.92 Å². The summed E-state index contributed by atoms with van der Waals surface area (Å²) in [5.41, 5.74) is 2.80. The molecule has 3 aromatic heterocycles. The molecule has 1 unspecified atom stereocenters. The molecule has 0 amide bonds. The van der Waals surface area contributed by atoms with Crippen LogP contribution in [0.25, 0.3) is 11.1 Å². The quantitative estimate of drug-likeness (QED) is 0.227. The molecule has 15 heteroatoms. The first-order valence-corrected chi connectivity index (χ1v) is 17.8. The largest absolute Gasteiger partial charge is 0.487 e. The molecule has 4 fully saturated rings. The predicted molar refractivity (Wildman–Crippen MR) is 181 cm³/mol. The fourth-order valence-electron chi connectivity index (χ4n) is 7.88. The molecule has 1 aliphatic carbocycles. The number of tetrazole rings is 1. The van der Waals surface area contributed by atoms with Crippen molar-refractivity contribution in [3.8, 4) is 28.8 Å². The second-order valence-corrected chi connectivity index (χ2v) is 13.9. The molecule has 8 rings (SSSR count). The minimum Gasteiger partial charge on any atom is -0.487 e. The number of nitrogens with one attached hydrogen (secondary N) is 1. The average Bonchev–Trinajstić information content (AvgIpc) is 3.97. The monoisotopic (exact) mass is 681 g/mol. The maximum Gasteiger partial charge on any atom is 0.256 e. The van der Waals surface area contributed by atoms with E-state index in [0.29, 0.717) is 73.0 Å². The summed E-state index contributed by atoms with van der Waals surface area (Å²) in [5.74, 6) is 1.82. The minimum atomic E-state index is -0.267. The smallest absolute Gasteiger partial charge is 0.256 e. The van der Waals surface area contributed by atoms with Crippen LogP contribution >= 0.6 is 0 Å². The SMILES string of the molecule is C[C@@H](Cn1cnnn1)Oc1cc(-c2cnc(Nc3cn([C@H]4CC[C@H](N5[C@@H]6CC[C@@H]5COC6)CC4)nc3OCC3CCOC3)nc2)ccc1C#N. The fraction of sp³-hybridized carbons (Fsp3) is 0.571. The van der Waals surface area contributed by atoms with E-state index in [1.54, 1.807) is 23.1 Å². The van der Waals surface area contributed by atoms with Crippen molar-refractivity contribution in [1.82, 2.24) is 44.9 Å². The van der Waals surface area contributed by atoms with Gasteiger partial charge in [0.1, 0.15) is 29.9 Å². The zero-order valence-corrected chi connectivity index (χ0v) is 28.3. The summed E-state index contributed by atoms with van der Waals surface area (Å²) < 4.78 is 27.5. The topological polar surface area (TPSA) is 163 Å². The summed E-state index contributed by atoms with van der Waals surface area (Å²) in [5, 5.41) is 29.2. The van der Waals surface area contributed by atoms with Gasteiger partial charge in [0.15, 0.2) is 0 Å². The van der Waals surface area contributed by atoms with E-state index in [-0.39, 0.29) is 6.10 Å². The molecule has 1 N–H and O–H groups in total. The van der Waals surface area contributed by atoms with Crippen LogP contribution in [0.1, 0.15) is 63.5 Å². The second-order valence-electron chi connectivity index (χ2n) is 13.9. The number of hydrogen-bond donors (Lipinski definition) is 1. The van der Waals surface area contributed by atoms with E-state index < -0.39 is 0 Å². The molecule has 4 aliphatic rings.